The van der Waals surface area contributed by atoms with Crippen molar-refractivity contribution < 1.29 is 8.78 Å². The fourth-order valence-corrected chi connectivity index (χ4v) is 1.12. The minimum Gasteiger partial charge on any atom is -0.329 e. The topological polar surface area (TPSA) is 75.8 Å². The summed E-state index contributed by atoms with van der Waals surface area (Å²) in [6.45, 7) is -0.0558. The highest BCUT2D eigenvalue weighted by Crippen LogP contribution is 2.19. The van der Waals surface area contributed by atoms with Gasteiger partial charge in [-0.15, -0.1) is 0 Å². The van der Waals surface area contributed by atoms with Crippen LogP contribution < -0.4 is 11.5 Å². The fraction of sp³-hybridized carbons (Fsp3) is 0.222. The van der Waals surface area contributed by atoms with Gasteiger partial charge in [0.1, 0.15) is 11.6 Å². The minimum atomic E-state index is -0.886. The van der Waals surface area contributed by atoms with E-state index in [4.69, 9.17) is 16.7 Å². The number of nitriles is 1. The van der Waals surface area contributed by atoms with Crippen LogP contribution in [0.5, 0.6) is 0 Å². The molecule has 0 aromatic heterocycles. The molecule has 1 aromatic carbocycles. The Morgan fingerprint density at radius 2 is 1.86 bits per heavy atom. The Morgan fingerprint density at radius 1 is 1.36 bits per heavy atom. The van der Waals surface area contributed by atoms with Gasteiger partial charge in [-0.2, -0.15) is 5.26 Å². The van der Waals surface area contributed by atoms with Crippen LogP contribution in [0.1, 0.15) is 17.2 Å². The highest BCUT2D eigenvalue weighted by atomic mass is 19.1. The van der Waals surface area contributed by atoms with E-state index in [2.05, 4.69) is 0 Å². The largest absolute Gasteiger partial charge is 0.329 e. The fourth-order valence-electron chi connectivity index (χ4n) is 1.12. The average molecular weight is 197 g/mol. The molecule has 74 valence electrons. The van der Waals surface area contributed by atoms with Gasteiger partial charge in [0.25, 0.3) is 0 Å². The van der Waals surface area contributed by atoms with Gasteiger partial charge in [0, 0.05) is 18.2 Å². The monoisotopic (exact) mass is 197 g/mol. The lowest BCUT2D eigenvalue weighted by molar-refractivity contribution is 0.527. The van der Waals surface area contributed by atoms with E-state index in [1.54, 1.807) is 6.07 Å². The molecule has 0 saturated heterocycles. The first-order chi connectivity index (χ1) is 6.60. The van der Waals surface area contributed by atoms with E-state index in [0.717, 1.165) is 12.1 Å². The average Bonchev–Trinajstić information content (AvgIpc) is 2.16. The number of rotatable bonds is 2. The van der Waals surface area contributed by atoms with Crippen LogP contribution in [0.3, 0.4) is 0 Å². The molecule has 1 atom stereocenters. The van der Waals surface area contributed by atoms with Gasteiger partial charge in [-0.1, -0.05) is 0 Å². The second-order valence-electron chi connectivity index (χ2n) is 2.81. The van der Waals surface area contributed by atoms with E-state index >= 15 is 0 Å². The Morgan fingerprint density at radius 3 is 2.21 bits per heavy atom. The van der Waals surface area contributed by atoms with Gasteiger partial charge >= 0.3 is 0 Å². The first kappa shape index (κ1) is 10.6. The summed E-state index contributed by atoms with van der Waals surface area (Å²) >= 11 is 0. The van der Waals surface area contributed by atoms with Crippen LogP contribution in [-0.2, 0) is 0 Å². The normalized spacial score (nSPS) is 12.2. The molecule has 0 spiro atoms. The Labute approximate surface area is 79.9 Å². The third-order valence-corrected chi connectivity index (χ3v) is 1.83. The van der Waals surface area contributed by atoms with Gasteiger partial charge in [0.05, 0.1) is 11.6 Å². The number of halogens is 2. The van der Waals surface area contributed by atoms with Crippen molar-refractivity contribution in [1.29, 1.82) is 5.26 Å². The van der Waals surface area contributed by atoms with E-state index < -0.39 is 17.7 Å². The molecule has 14 heavy (non-hydrogen) atoms. The standard InChI is InChI=1S/C9H9F2N3/c10-6-1-5(3-12)2-7(11)9(6)8(14)4-13/h1-2,8H,4,13-14H2. The van der Waals surface area contributed by atoms with Gasteiger partial charge in [0.2, 0.25) is 0 Å². The van der Waals surface area contributed by atoms with Crippen LogP contribution in [0.15, 0.2) is 12.1 Å². The molecule has 0 aliphatic heterocycles. The zero-order valence-corrected chi connectivity index (χ0v) is 7.30. The lowest BCUT2D eigenvalue weighted by Crippen LogP contribution is -2.23. The van der Waals surface area contributed by atoms with E-state index in [-0.39, 0.29) is 17.7 Å². The second kappa shape index (κ2) is 4.13. The van der Waals surface area contributed by atoms with Crippen LogP contribution in [0.25, 0.3) is 0 Å². The summed E-state index contributed by atoms with van der Waals surface area (Å²) in [7, 11) is 0. The quantitative estimate of drug-likeness (QED) is 0.736. The minimum absolute atomic E-state index is 0.0558. The number of hydrogen-bond acceptors (Lipinski definition) is 3. The molecule has 0 heterocycles. The van der Waals surface area contributed by atoms with E-state index in [1.807, 2.05) is 0 Å². The number of hydrogen-bond donors (Lipinski definition) is 2. The molecule has 0 aliphatic rings. The Balaban J connectivity index is 3.26. The maximum Gasteiger partial charge on any atom is 0.132 e. The first-order valence-corrected chi connectivity index (χ1v) is 3.94. The SMILES string of the molecule is N#Cc1cc(F)c(C(N)CN)c(F)c1. The van der Waals surface area contributed by atoms with Crippen LogP contribution in [0.4, 0.5) is 8.78 Å². The van der Waals surface area contributed by atoms with Crippen LogP contribution in [0, 0.1) is 23.0 Å². The Hall–Kier alpha value is -1.51. The van der Waals surface area contributed by atoms with Gasteiger partial charge in [-0.25, -0.2) is 8.78 Å². The summed E-state index contributed by atoms with van der Waals surface area (Å²) in [5.74, 6) is -1.67. The van der Waals surface area contributed by atoms with Crippen LogP contribution >= 0.6 is 0 Å². The summed E-state index contributed by atoms with van der Waals surface area (Å²) in [4.78, 5) is 0. The van der Waals surface area contributed by atoms with E-state index in [0.29, 0.717) is 0 Å². The molecule has 0 aliphatic carbocycles. The number of benzene rings is 1. The predicted molar refractivity (Wildman–Crippen MR) is 47.1 cm³/mol. The van der Waals surface area contributed by atoms with Gasteiger partial charge < -0.3 is 11.5 Å². The molecular weight excluding hydrogens is 188 g/mol. The molecule has 1 unspecified atom stereocenters. The Kier molecular flexibility index (Phi) is 3.12. The molecule has 0 amide bonds. The van der Waals surface area contributed by atoms with Crippen molar-refractivity contribution in [3.8, 4) is 6.07 Å². The van der Waals surface area contributed by atoms with Gasteiger partial charge in [0.15, 0.2) is 0 Å². The van der Waals surface area contributed by atoms with Crippen molar-refractivity contribution in [2.45, 2.75) is 6.04 Å². The van der Waals surface area contributed by atoms with E-state index in [9.17, 15) is 8.78 Å². The van der Waals surface area contributed by atoms with Gasteiger partial charge in [-0.3, -0.25) is 0 Å². The third kappa shape index (κ3) is 1.87. The number of nitrogens with two attached hydrogens (primary N) is 2. The van der Waals surface area contributed by atoms with Crippen molar-refractivity contribution in [1.82, 2.24) is 0 Å². The maximum absolute atomic E-state index is 13.2. The molecule has 0 saturated carbocycles. The lowest BCUT2D eigenvalue weighted by Gasteiger charge is -2.11. The molecule has 1 aromatic rings. The molecule has 3 nitrogen and oxygen atoms in total. The van der Waals surface area contributed by atoms with Crippen LogP contribution in [-0.4, -0.2) is 6.54 Å². The zero-order valence-electron chi connectivity index (χ0n) is 7.30. The van der Waals surface area contributed by atoms with Crippen molar-refractivity contribution in [2.75, 3.05) is 6.54 Å². The van der Waals surface area contributed by atoms with Crippen molar-refractivity contribution in [3.05, 3.63) is 34.9 Å². The zero-order chi connectivity index (χ0) is 10.7. The van der Waals surface area contributed by atoms with Gasteiger partial charge in [-0.05, 0) is 12.1 Å². The molecule has 1 rings (SSSR count). The third-order valence-electron chi connectivity index (χ3n) is 1.83. The second-order valence-corrected chi connectivity index (χ2v) is 2.81. The number of nitrogens with zero attached hydrogens (tertiary/aromatic N) is 1. The highest BCUT2D eigenvalue weighted by Gasteiger charge is 2.16. The summed E-state index contributed by atoms with van der Waals surface area (Å²) in [5.41, 5.74) is 10.2. The molecule has 4 N–H and O–H groups in total. The van der Waals surface area contributed by atoms with Crippen molar-refractivity contribution >= 4 is 0 Å². The summed E-state index contributed by atoms with van der Waals surface area (Å²) in [6.07, 6.45) is 0. The maximum atomic E-state index is 13.2. The van der Waals surface area contributed by atoms with Crippen molar-refractivity contribution in [2.24, 2.45) is 11.5 Å². The molecule has 0 bridgehead atoms. The lowest BCUT2D eigenvalue weighted by atomic mass is 10.0. The molecule has 0 fully saturated rings. The van der Waals surface area contributed by atoms with E-state index in [1.165, 1.54) is 0 Å². The first-order valence-electron chi connectivity index (χ1n) is 3.94. The smallest absolute Gasteiger partial charge is 0.132 e. The van der Waals surface area contributed by atoms with Crippen LogP contribution in [0.2, 0.25) is 0 Å². The summed E-state index contributed by atoms with van der Waals surface area (Å²) < 4.78 is 26.4. The predicted octanol–water partition coefficient (Wildman–Crippen LogP) is 0.795. The molecule has 5 heteroatoms. The Bertz CT molecular complexity index is 361. The molecular formula is C9H9F2N3. The summed E-state index contributed by atoms with van der Waals surface area (Å²) in [5, 5.41) is 8.43. The molecule has 0 radical (unpaired) electrons. The highest BCUT2D eigenvalue weighted by molar-refractivity contribution is 5.35. The van der Waals surface area contributed by atoms with Crippen molar-refractivity contribution in [3.63, 3.8) is 0 Å². The summed E-state index contributed by atoms with van der Waals surface area (Å²) in [6, 6.07) is 2.63.